The van der Waals surface area contributed by atoms with Crippen molar-refractivity contribution in [2.45, 2.75) is 13.8 Å². The summed E-state index contributed by atoms with van der Waals surface area (Å²) < 4.78 is 0. The number of hydrogen-bond acceptors (Lipinski definition) is 4. The number of hydrogen-bond donors (Lipinski definition) is 3. The van der Waals surface area contributed by atoms with Crippen molar-refractivity contribution >= 4 is 22.8 Å². The highest BCUT2D eigenvalue weighted by Crippen LogP contribution is 2.24. The monoisotopic (exact) mass is 284 g/mol. The number of carboxylic acid groups (broad SMARTS) is 1. The van der Waals surface area contributed by atoms with Crippen LogP contribution in [-0.4, -0.2) is 37.0 Å². The summed E-state index contributed by atoms with van der Waals surface area (Å²) in [6.45, 7) is 3.12. The fourth-order valence-corrected chi connectivity index (χ4v) is 2.20. The first-order valence-corrected chi connectivity index (χ1v) is 6.26. The predicted molar refractivity (Wildman–Crippen MR) is 75.4 cm³/mol. The number of rotatable bonds is 3. The van der Waals surface area contributed by atoms with Crippen molar-refractivity contribution < 1.29 is 14.7 Å². The summed E-state index contributed by atoms with van der Waals surface area (Å²) in [5, 5.41) is 15.9. The number of ketones is 1. The van der Waals surface area contributed by atoms with Gasteiger partial charge in [0.1, 0.15) is 11.3 Å². The van der Waals surface area contributed by atoms with E-state index in [1.54, 1.807) is 25.1 Å². The molecule has 21 heavy (non-hydrogen) atoms. The topological polar surface area (TPSA) is 112 Å². The van der Waals surface area contributed by atoms with Crippen LogP contribution < -0.4 is 0 Å². The number of nitrogens with one attached hydrogen (secondary N) is 2. The highest BCUT2D eigenvalue weighted by molar-refractivity contribution is 5.98. The first kappa shape index (κ1) is 13.0. The van der Waals surface area contributed by atoms with Gasteiger partial charge >= 0.3 is 5.97 Å². The standard InChI is InChI=1S/C14H12N4O3/c1-6-11(14(20)21)12(18-17-6)13-15-9-4-3-8(7(2)19)5-10(9)16-13/h3-5H,1-2H3,(H,15,16)(H,17,18)(H,20,21). The molecule has 0 aliphatic carbocycles. The lowest BCUT2D eigenvalue weighted by molar-refractivity contribution is 0.0696. The van der Waals surface area contributed by atoms with Crippen molar-refractivity contribution in [3.8, 4) is 11.5 Å². The Morgan fingerprint density at radius 2 is 2.05 bits per heavy atom. The van der Waals surface area contributed by atoms with Crippen molar-refractivity contribution in [1.82, 2.24) is 20.2 Å². The summed E-state index contributed by atoms with van der Waals surface area (Å²) in [6, 6.07) is 5.10. The second-order valence-electron chi connectivity index (χ2n) is 4.75. The molecular formula is C14H12N4O3. The third-order valence-corrected chi connectivity index (χ3v) is 3.27. The van der Waals surface area contributed by atoms with E-state index in [-0.39, 0.29) is 17.0 Å². The molecule has 0 amide bonds. The number of carbonyl (C=O) groups is 2. The molecule has 0 saturated heterocycles. The van der Waals surface area contributed by atoms with Crippen LogP contribution in [0.2, 0.25) is 0 Å². The first-order chi connectivity index (χ1) is 9.97. The molecule has 1 aromatic carbocycles. The predicted octanol–water partition coefficient (Wildman–Crippen LogP) is 2.16. The van der Waals surface area contributed by atoms with Gasteiger partial charge in [-0.05, 0) is 32.0 Å². The van der Waals surface area contributed by atoms with E-state index in [9.17, 15) is 14.7 Å². The number of nitrogens with zero attached hydrogens (tertiary/aromatic N) is 2. The number of aromatic carboxylic acids is 1. The molecule has 106 valence electrons. The van der Waals surface area contributed by atoms with E-state index in [4.69, 9.17) is 0 Å². The van der Waals surface area contributed by atoms with Gasteiger partial charge < -0.3 is 10.1 Å². The largest absolute Gasteiger partial charge is 0.478 e. The molecule has 0 saturated carbocycles. The molecule has 0 fully saturated rings. The van der Waals surface area contributed by atoms with Crippen LogP contribution in [0.4, 0.5) is 0 Å². The Morgan fingerprint density at radius 3 is 2.71 bits per heavy atom. The molecule has 7 nitrogen and oxygen atoms in total. The number of H-pyrrole nitrogens is 2. The number of imidazole rings is 1. The average Bonchev–Trinajstić information content (AvgIpc) is 3.00. The minimum Gasteiger partial charge on any atom is -0.478 e. The molecule has 2 heterocycles. The molecule has 0 atom stereocenters. The quantitative estimate of drug-likeness (QED) is 0.638. The van der Waals surface area contributed by atoms with Crippen LogP contribution in [0, 0.1) is 6.92 Å². The molecule has 7 heteroatoms. The van der Waals surface area contributed by atoms with Crippen LogP contribution in [0.5, 0.6) is 0 Å². The number of fused-ring (bicyclic) bond motifs is 1. The van der Waals surface area contributed by atoms with Crippen LogP contribution in [0.25, 0.3) is 22.6 Å². The van der Waals surface area contributed by atoms with Crippen LogP contribution >= 0.6 is 0 Å². The lowest BCUT2D eigenvalue weighted by atomic mass is 10.1. The van der Waals surface area contributed by atoms with Gasteiger partial charge in [-0.25, -0.2) is 9.78 Å². The maximum absolute atomic E-state index is 11.4. The minimum absolute atomic E-state index is 0.0525. The van der Waals surface area contributed by atoms with Gasteiger partial charge in [0.05, 0.1) is 11.0 Å². The zero-order valence-electron chi connectivity index (χ0n) is 11.4. The zero-order chi connectivity index (χ0) is 15.1. The number of aromatic nitrogens is 4. The Hall–Kier alpha value is -2.96. The van der Waals surface area contributed by atoms with Gasteiger partial charge in [-0.15, -0.1) is 0 Å². The number of aromatic amines is 2. The fraction of sp³-hybridized carbons (Fsp3) is 0.143. The van der Waals surface area contributed by atoms with Gasteiger partial charge in [0.2, 0.25) is 0 Å². The summed E-state index contributed by atoms with van der Waals surface area (Å²) in [4.78, 5) is 30.0. The fourth-order valence-electron chi connectivity index (χ4n) is 2.20. The van der Waals surface area contributed by atoms with E-state index >= 15 is 0 Å². The minimum atomic E-state index is -1.07. The number of aryl methyl sites for hydroxylation is 1. The van der Waals surface area contributed by atoms with Crippen LogP contribution in [0.15, 0.2) is 18.2 Å². The molecular weight excluding hydrogens is 272 g/mol. The lowest BCUT2D eigenvalue weighted by Crippen LogP contribution is -2.00. The Labute approximate surface area is 119 Å². The molecule has 0 radical (unpaired) electrons. The summed E-state index contributed by atoms with van der Waals surface area (Å²) in [5.74, 6) is -0.767. The third-order valence-electron chi connectivity index (χ3n) is 3.27. The zero-order valence-corrected chi connectivity index (χ0v) is 11.4. The Morgan fingerprint density at radius 1 is 1.29 bits per heavy atom. The van der Waals surface area contributed by atoms with Crippen molar-refractivity contribution in [1.29, 1.82) is 0 Å². The van der Waals surface area contributed by atoms with Crippen molar-refractivity contribution in [2.75, 3.05) is 0 Å². The number of Topliss-reactive ketones (excluding diaryl/α,β-unsaturated/α-hetero) is 1. The lowest BCUT2D eigenvalue weighted by Gasteiger charge is -1.94. The molecule has 0 aliphatic heterocycles. The molecule has 0 unspecified atom stereocenters. The van der Waals surface area contributed by atoms with Crippen molar-refractivity contribution in [2.24, 2.45) is 0 Å². The summed E-state index contributed by atoms with van der Waals surface area (Å²) in [7, 11) is 0. The van der Waals surface area contributed by atoms with Crippen molar-refractivity contribution in [3.05, 3.63) is 35.0 Å². The highest BCUT2D eigenvalue weighted by Gasteiger charge is 2.21. The number of carboxylic acids is 1. The maximum Gasteiger partial charge on any atom is 0.339 e. The third kappa shape index (κ3) is 2.08. The first-order valence-electron chi connectivity index (χ1n) is 6.26. The second-order valence-corrected chi connectivity index (χ2v) is 4.75. The molecule has 0 aliphatic rings. The molecule has 3 rings (SSSR count). The molecule has 2 aromatic heterocycles. The maximum atomic E-state index is 11.4. The normalized spacial score (nSPS) is 11.0. The Balaban J connectivity index is 2.18. The number of benzene rings is 1. The SMILES string of the molecule is CC(=O)c1ccc2[nH]c(-c3n[nH]c(C)c3C(=O)O)nc2c1. The van der Waals surface area contributed by atoms with Crippen LogP contribution in [0.3, 0.4) is 0 Å². The van der Waals surface area contributed by atoms with Crippen molar-refractivity contribution in [3.63, 3.8) is 0 Å². The summed E-state index contributed by atoms with van der Waals surface area (Å²) in [5.41, 5.74) is 2.66. The van der Waals surface area contributed by atoms with E-state index in [1.807, 2.05) is 0 Å². The number of carbonyl (C=O) groups excluding carboxylic acids is 1. The molecule has 3 aromatic rings. The summed E-state index contributed by atoms with van der Waals surface area (Å²) in [6.07, 6.45) is 0. The van der Waals surface area contributed by atoms with E-state index in [0.717, 1.165) is 0 Å². The van der Waals surface area contributed by atoms with Gasteiger partial charge in [0.15, 0.2) is 11.6 Å². The molecule has 0 bridgehead atoms. The van der Waals surface area contributed by atoms with E-state index < -0.39 is 5.97 Å². The van der Waals surface area contributed by atoms with Crippen LogP contribution in [-0.2, 0) is 0 Å². The van der Waals surface area contributed by atoms with Gasteiger partial charge in [0, 0.05) is 11.3 Å². The molecule has 0 spiro atoms. The van der Waals surface area contributed by atoms with Gasteiger partial charge in [-0.3, -0.25) is 9.89 Å². The van der Waals surface area contributed by atoms with Gasteiger partial charge in [-0.1, -0.05) is 0 Å². The van der Waals surface area contributed by atoms with Gasteiger partial charge in [-0.2, -0.15) is 5.10 Å². The Kier molecular flexibility index (Phi) is 2.83. The second kappa shape index (κ2) is 4.55. The smallest absolute Gasteiger partial charge is 0.339 e. The highest BCUT2D eigenvalue weighted by atomic mass is 16.4. The van der Waals surface area contributed by atoms with Gasteiger partial charge in [0.25, 0.3) is 0 Å². The Bertz CT molecular complexity index is 876. The van der Waals surface area contributed by atoms with Crippen LogP contribution in [0.1, 0.15) is 33.3 Å². The van der Waals surface area contributed by atoms with E-state index in [0.29, 0.717) is 28.1 Å². The van der Waals surface area contributed by atoms with E-state index in [2.05, 4.69) is 20.2 Å². The summed E-state index contributed by atoms with van der Waals surface area (Å²) >= 11 is 0. The molecule has 3 N–H and O–H groups in total. The van der Waals surface area contributed by atoms with E-state index in [1.165, 1.54) is 6.92 Å². The average molecular weight is 284 g/mol.